The summed E-state index contributed by atoms with van der Waals surface area (Å²) >= 11 is 0. The molecule has 24 heavy (non-hydrogen) atoms. The molecule has 0 spiro atoms. The van der Waals surface area contributed by atoms with Crippen LogP contribution in [0.3, 0.4) is 0 Å². The smallest absolute Gasteiger partial charge is 0.305 e. The van der Waals surface area contributed by atoms with Crippen LogP contribution >= 0.6 is 0 Å². The Labute approximate surface area is 147 Å². The minimum Gasteiger partial charge on any atom is -0.466 e. The Kier molecular flexibility index (Phi) is 16.0. The standard InChI is InChI=1S/C19H36O5/c1-4-5-6-7-8-14-23-18(20)10-9-11-19(21)24-16-13-17(2)12-15-22-3/h17H,4-16H2,1-3H3. The lowest BCUT2D eigenvalue weighted by atomic mass is 10.1. The Bertz CT molecular complexity index is 317. The molecule has 0 bridgehead atoms. The van der Waals surface area contributed by atoms with E-state index in [2.05, 4.69) is 13.8 Å². The van der Waals surface area contributed by atoms with Crippen molar-refractivity contribution in [2.24, 2.45) is 5.92 Å². The highest BCUT2D eigenvalue weighted by molar-refractivity contribution is 5.72. The normalized spacial score (nSPS) is 12.0. The molecule has 0 aliphatic rings. The van der Waals surface area contributed by atoms with Gasteiger partial charge in [0, 0.05) is 26.6 Å². The van der Waals surface area contributed by atoms with Crippen LogP contribution in [0.4, 0.5) is 0 Å². The number of ether oxygens (including phenoxy) is 3. The fraction of sp³-hybridized carbons (Fsp3) is 0.895. The number of hydrogen-bond acceptors (Lipinski definition) is 5. The van der Waals surface area contributed by atoms with Crippen LogP contribution in [0.15, 0.2) is 0 Å². The second-order valence-electron chi connectivity index (χ2n) is 6.38. The van der Waals surface area contributed by atoms with E-state index in [9.17, 15) is 9.59 Å². The number of esters is 2. The lowest BCUT2D eigenvalue weighted by Gasteiger charge is -2.11. The highest BCUT2D eigenvalue weighted by Gasteiger charge is 2.08. The summed E-state index contributed by atoms with van der Waals surface area (Å²) in [7, 11) is 1.68. The molecule has 0 aromatic carbocycles. The topological polar surface area (TPSA) is 61.8 Å². The lowest BCUT2D eigenvalue weighted by molar-refractivity contribution is -0.145. The first kappa shape index (κ1) is 22.9. The van der Waals surface area contributed by atoms with Gasteiger partial charge in [0.05, 0.1) is 13.2 Å². The number of methoxy groups -OCH3 is 1. The number of carbonyl (C=O) groups is 2. The van der Waals surface area contributed by atoms with Gasteiger partial charge < -0.3 is 14.2 Å². The van der Waals surface area contributed by atoms with Crippen molar-refractivity contribution in [2.75, 3.05) is 26.9 Å². The van der Waals surface area contributed by atoms with Crippen molar-refractivity contribution in [1.29, 1.82) is 0 Å². The van der Waals surface area contributed by atoms with Crippen molar-refractivity contribution >= 4 is 11.9 Å². The van der Waals surface area contributed by atoms with Crippen molar-refractivity contribution in [1.82, 2.24) is 0 Å². The second-order valence-corrected chi connectivity index (χ2v) is 6.38. The fourth-order valence-corrected chi connectivity index (χ4v) is 2.25. The maximum Gasteiger partial charge on any atom is 0.305 e. The molecule has 0 aliphatic carbocycles. The molecular weight excluding hydrogens is 308 g/mol. The third kappa shape index (κ3) is 15.8. The van der Waals surface area contributed by atoms with Crippen molar-refractivity contribution in [3.63, 3.8) is 0 Å². The molecule has 1 atom stereocenters. The zero-order chi connectivity index (χ0) is 18.0. The molecule has 142 valence electrons. The van der Waals surface area contributed by atoms with Crippen molar-refractivity contribution < 1.29 is 23.8 Å². The zero-order valence-electron chi connectivity index (χ0n) is 15.8. The summed E-state index contributed by atoms with van der Waals surface area (Å²) < 4.78 is 15.3. The molecule has 5 heteroatoms. The third-order valence-corrected chi connectivity index (χ3v) is 3.96. The van der Waals surface area contributed by atoms with Crippen LogP contribution in [0, 0.1) is 5.92 Å². The van der Waals surface area contributed by atoms with Crippen LogP contribution in [0.1, 0.15) is 78.1 Å². The van der Waals surface area contributed by atoms with Crippen LogP contribution in [-0.2, 0) is 23.8 Å². The average molecular weight is 344 g/mol. The molecule has 0 heterocycles. The Morgan fingerprint density at radius 2 is 1.38 bits per heavy atom. The maximum atomic E-state index is 11.6. The summed E-state index contributed by atoms with van der Waals surface area (Å²) in [6, 6.07) is 0. The van der Waals surface area contributed by atoms with Gasteiger partial charge >= 0.3 is 11.9 Å². The molecule has 0 aliphatic heterocycles. The van der Waals surface area contributed by atoms with E-state index in [-0.39, 0.29) is 24.8 Å². The highest BCUT2D eigenvalue weighted by Crippen LogP contribution is 2.08. The van der Waals surface area contributed by atoms with E-state index in [1.54, 1.807) is 7.11 Å². The molecule has 0 aromatic heterocycles. The monoisotopic (exact) mass is 344 g/mol. The maximum absolute atomic E-state index is 11.6. The molecule has 0 aromatic rings. The van der Waals surface area contributed by atoms with Gasteiger partial charge in [-0.15, -0.1) is 0 Å². The van der Waals surface area contributed by atoms with Crippen molar-refractivity contribution in [2.45, 2.75) is 78.1 Å². The largest absolute Gasteiger partial charge is 0.466 e. The summed E-state index contributed by atoms with van der Waals surface area (Å²) in [6.45, 7) is 5.95. The Hall–Kier alpha value is -1.10. The average Bonchev–Trinajstić information content (AvgIpc) is 2.56. The van der Waals surface area contributed by atoms with E-state index in [1.807, 2.05) is 0 Å². The van der Waals surface area contributed by atoms with E-state index in [0.717, 1.165) is 32.3 Å². The predicted molar refractivity (Wildman–Crippen MR) is 94.8 cm³/mol. The van der Waals surface area contributed by atoms with E-state index < -0.39 is 0 Å². The Morgan fingerprint density at radius 3 is 2.00 bits per heavy atom. The van der Waals surface area contributed by atoms with Gasteiger partial charge in [0.25, 0.3) is 0 Å². The van der Waals surface area contributed by atoms with Crippen LogP contribution in [0.25, 0.3) is 0 Å². The van der Waals surface area contributed by atoms with Gasteiger partial charge in [-0.25, -0.2) is 0 Å². The van der Waals surface area contributed by atoms with Gasteiger partial charge in [-0.1, -0.05) is 39.5 Å². The van der Waals surface area contributed by atoms with Gasteiger partial charge in [0.2, 0.25) is 0 Å². The zero-order valence-corrected chi connectivity index (χ0v) is 15.8. The molecule has 0 fully saturated rings. The molecule has 0 saturated heterocycles. The number of hydrogen-bond donors (Lipinski definition) is 0. The van der Waals surface area contributed by atoms with Gasteiger partial charge in [-0.3, -0.25) is 9.59 Å². The summed E-state index contributed by atoms with van der Waals surface area (Å²) in [6.07, 6.45) is 8.55. The SMILES string of the molecule is CCCCCCCOC(=O)CCCC(=O)OCCC(C)CCOC. The molecular formula is C19H36O5. The molecule has 0 amide bonds. The minimum atomic E-state index is -0.235. The molecule has 5 nitrogen and oxygen atoms in total. The van der Waals surface area contributed by atoms with Gasteiger partial charge in [0.15, 0.2) is 0 Å². The summed E-state index contributed by atoms with van der Waals surface area (Å²) in [5, 5.41) is 0. The van der Waals surface area contributed by atoms with E-state index in [1.165, 1.54) is 19.3 Å². The second kappa shape index (κ2) is 16.7. The fourth-order valence-electron chi connectivity index (χ4n) is 2.25. The van der Waals surface area contributed by atoms with Gasteiger partial charge in [-0.05, 0) is 31.6 Å². The van der Waals surface area contributed by atoms with E-state index in [4.69, 9.17) is 14.2 Å². The van der Waals surface area contributed by atoms with Crippen LogP contribution < -0.4 is 0 Å². The Morgan fingerprint density at radius 1 is 0.792 bits per heavy atom. The van der Waals surface area contributed by atoms with Crippen LogP contribution in [0.2, 0.25) is 0 Å². The van der Waals surface area contributed by atoms with Crippen molar-refractivity contribution in [3.8, 4) is 0 Å². The summed E-state index contributed by atoms with van der Waals surface area (Å²) in [4.78, 5) is 23.1. The molecule has 1 unspecified atom stereocenters. The molecule has 0 radical (unpaired) electrons. The Balaban J connectivity index is 3.45. The third-order valence-electron chi connectivity index (χ3n) is 3.96. The minimum absolute atomic E-state index is 0.216. The molecule has 0 saturated carbocycles. The van der Waals surface area contributed by atoms with Crippen molar-refractivity contribution in [3.05, 3.63) is 0 Å². The predicted octanol–water partition coefficient (Wildman–Crippen LogP) is 4.28. The lowest BCUT2D eigenvalue weighted by Crippen LogP contribution is -2.11. The first-order chi connectivity index (χ1) is 11.6. The quantitative estimate of drug-likeness (QED) is 0.309. The number of unbranched alkanes of at least 4 members (excludes halogenated alkanes) is 4. The van der Waals surface area contributed by atoms with Crippen LogP contribution in [0.5, 0.6) is 0 Å². The first-order valence-electron chi connectivity index (χ1n) is 9.40. The van der Waals surface area contributed by atoms with E-state index in [0.29, 0.717) is 25.6 Å². The highest BCUT2D eigenvalue weighted by atomic mass is 16.5. The number of carbonyl (C=O) groups excluding carboxylic acids is 2. The van der Waals surface area contributed by atoms with Gasteiger partial charge in [-0.2, -0.15) is 0 Å². The summed E-state index contributed by atoms with van der Waals surface area (Å²) in [5.74, 6) is 0.0258. The van der Waals surface area contributed by atoms with E-state index >= 15 is 0 Å². The number of rotatable bonds is 16. The molecule has 0 rings (SSSR count). The van der Waals surface area contributed by atoms with Crippen LogP contribution in [-0.4, -0.2) is 38.9 Å². The van der Waals surface area contributed by atoms with Gasteiger partial charge in [0.1, 0.15) is 0 Å². The summed E-state index contributed by atoms with van der Waals surface area (Å²) in [5.41, 5.74) is 0. The molecule has 0 N–H and O–H groups in total. The first-order valence-corrected chi connectivity index (χ1v) is 9.40.